The molecule has 7 nitrogen and oxygen atoms in total. The first kappa shape index (κ1) is 15.6. The normalized spacial score (nSPS) is 16.6. The fourth-order valence-corrected chi connectivity index (χ4v) is 3.59. The molecular formula is C19H22N6O. The molecule has 3 aromatic rings. The van der Waals surface area contributed by atoms with Crippen LogP contribution in [-0.4, -0.2) is 44.2 Å². The second-order valence-electron chi connectivity index (χ2n) is 7.24. The minimum Gasteiger partial charge on any atom is -0.491 e. The zero-order valence-electron chi connectivity index (χ0n) is 15.0. The van der Waals surface area contributed by atoms with Gasteiger partial charge in [0.1, 0.15) is 23.5 Å². The number of fused-ring (bicyclic) bond motifs is 3. The second-order valence-corrected chi connectivity index (χ2v) is 7.24. The number of rotatable bonds is 3. The van der Waals surface area contributed by atoms with Crippen LogP contribution in [0.3, 0.4) is 0 Å². The molecule has 0 bridgehead atoms. The zero-order valence-corrected chi connectivity index (χ0v) is 15.0. The van der Waals surface area contributed by atoms with Gasteiger partial charge in [0.15, 0.2) is 5.82 Å². The number of aromatic nitrogens is 5. The highest BCUT2D eigenvalue weighted by atomic mass is 16.5. The van der Waals surface area contributed by atoms with Gasteiger partial charge in [0.05, 0.1) is 6.61 Å². The minimum atomic E-state index is 0.238. The molecule has 134 valence electrons. The van der Waals surface area contributed by atoms with Crippen molar-refractivity contribution >= 4 is 0 Å². The molecule has 0 saturated carbocycles. The highest BCUT2D eigenvalue weighted by Gasteiger charge is 2.24. The second kappa shape index (κ2) is 5.95. The zero-order chi connectivity index (χ0) is 17.7. The lowest BCUT2D eigenvalue weighted by Gasteiger charge is -2.28. The Balaban J connectivity index is 1.62. The van der Waals surface area contributed by atoms with Crippen molar-refractivity contribution in [3.8, 4) is 23.0 Å². The number of hydrogen-bond acceptors (Lipinski definition) is 5. The Bertz CT molecular complexity index is 953. The van der Waals surface area contributed by atoms with Crippen molar-refractivity contribution in [3.05, 3.63) is 41.9 Å². The summed E-state index contributed by atoms with van der Waals surface area (Å²) >= 11 is 0. The molecule has 1 N–H and O–H groups in total. The molecule has 2 aliphatic rings. The van der Waals surface area contributed by atoms with Gasteiger partial charge in [0.25, 0.3) is 0 Å². The molecule has 0 unspecified atom stereocenters. The van der Waals surface area contributed by atoms with Gasteiger partial charge in [-0.3, -0.25) is 0 Å². The van der Waals surface area contributed by atoms with Gasteiger partial charge in [-0.15, -0.1) is 0 Å². The van der Waals surface area contributed by atoms with Crippen LogP contribution >= 0.6 is 0 Å². The number of nitrogens with one attached hydrogen (secondary N) is 1. The number of nitrogens with zero attached hydrogens (tertiary/aromatic N) is 5. The van der Waals surface area contributed by atoms with E-state index in [1.165, 1.54) is 5.56 Å². The molecule has 0 aliphatic carbocycles. The van der Waals surface area contributed by atoms with Crippen molar-refractivity contribution in [3.63, 3.8) is 0 Å². The van der Waals surface area contributed by atoms with Crippen LogP contribution in [0.1, 0.15) is 37.1 Å². The quantitative estimate of drug-likeness (QED) is 0.785. The first-order chi connectivity index (χ1) is 12.7. The molecule has 0 atom stereocenters. The third-order valence-corrected chi connectivity index (χ3v) is 5.15. The Morgan fingerprint density at radius 3 is 2.88 bits per heavy atom. The Kier molecular flexibility index (Phi) is 3.56. The first-order valence-corrected chi connectivity index (χ1v) is 9.17. The summed E-state index contributed by atoms with van der Waals surface area (Å²) in [4.78, 5) is 4.44. The standard InChI is InChI=1S/C19H22N6O/c1-12(2)24-19(21-11-22-24)16-8-15-5-6-26-18-4-3-13(14-9-20-10-14)7-17(18)25(15)23-16/h3-4,7-8,11-12,14,20H,5-6,9-10H2,1-2H3. The van der Waals surface area contributed by atoms with Gasteiger partial charge in [0, 0.05) is 37.2 Å². The molecule has 1 fully saturated rings. The first-order valence-electron chi connectivity index (χ1n) is 9.17. The monoisotopic (exact) mass is 350 g/mol. The number of hydrogen-bond donors (Lipinski definition) is 1. The lowest BCUT2D eigenvalue weighted by molar-refractivity contribution is 0.326. The fraction of sp³-hybridized carbons (Fsp3) is 0.421. The van der Waals surface area contributed by atoms with E-state index < -0.39 is 0 Å². The summed E-state index contributed by atoms with van der Waals surface area (Å²) in [5.74, 6) is 2.27. The molecule has 0 spiro atoms. The fourth-order valence-electron chi connectivity index (χ4n) is 3.59. The lowest BCUT2D eigenvalue weighted by atomic mass is 9.93. The van der Waals surface area contributed by atoms with E-state index >= 15 is 0 Å². The van der Waals surface area contributed by atoms with Crippen LogP contribution in [0.15, 0.2) is 30.6 Å². The Morgan fingerprint density at radius 2 is 2.12 bits per heavy atom. The van der Waals surface area contributed by atoms with Crippen LogP contribution in [-0.2, 0) is 6.42 Å². The molecule has 0 radical (unpaired) electrons. The van der Waals surface area contributed by atoms with E-state index in [1.54, 1.807) is 6.33 Å². The Hall–Kier alpha value is -2.67. The number of benzene rings is 1. The van der Waals surface area contributed by atoms with Crippen molar-refractivity contribution < 1.29 is 4.74 Å². The van der Waals surface area contributed by atoms with E-state index in [0.717, 1.165) is 48.2 Å². The molecule has 1 saturated heterocycles. The Morgan fingerprint density at radius 1 is 1.23 bits per heavy atom. The van der Waals surface area contributed by atoms with E-state index in [-0.39, 0.29) is 6.04 Å². The van der Waals surface area contributed by atoms with Gasteiger partial charge in [-0.2, -0.15) is 10.2 Å². The summed E-state index contributed by atoms with van der Waals surface area (Å²) < 4.78 is 9.89. The van der Waals surface area contributed by atoms with Crippen LogP contribution in [0.4, 0.5) is 0 Å². The van der Waals surface area contributed by atoms with Gasteiger partial charge in [0.2, 0.25) is 0 Å². The maximum absolute atomic E-state index is 5.96. The van der Waals surface area contributed by atoms with Crippen molar-refractivity contribution in [2.45, 2.75) is 32.2 Å². The average molecular weight is 350 g/mol. The summed E-state index contributed by atoms with van der Waals surface area (Å²) in [7, 11) is 0. The van der Waals surface area contributed by atoms with E-state index in [1.807, 2.05) is 9.36 Å². The van der Waals surface area contributed by atoms with Crippen LogP contribution < -0.4 is 10.1 Å². The molecular weight excluding hydrogens is 328 g/mol. The number of ether oxygens (including phenoxy) is 1. The average Bonchev–Trinajstić information content (AvgIpc) is 3.18. The van der Waals surface area contributed by atoms with Crippen LogP contribution in [0.2, 0.25) is 0 Å². The molecule has 26 heavy (non-hydrogen) atoms. The molecule has 7 heteroatoms. The maximum atomic E-state index is 5.96. The van der Waals surface area contributed by atoms with Gasteiger partial charge < -0.3 is 10.1 Å². The van der Waals surface area contributed by atoms with Crippen molar-refractivity contribution in [1.29, 1.82) is 0 Å². The summed E-state index contributed by atoms with van der Waals surface area (Å²) in [6.45, 7) is 6.92. The van der Waals surface area contributed by atoms with Gasteiger partial charge in [-0.05, 0) is 37.6 Å². The van der Waals surface area contributed by atoms with Crippen molar-refractivity contribution in [2.24, 2.45) is 0 Å². The largest absolute Gasteiger partial charge is 0.491 e. The van der Waals surface area contributed by atoms with Crippen molar-refractivity contribution in [1.82, 2.24) is 29.9 Å². The van der Waals surface area contributed by atoms with E-state index in [9.17, 15) is 0 Å². The smallest absolute Gasteiger partial charge is 0.178 e. The van der Waals surface area contributed by atoms with Crippen LogP contribution in [0, 0.1) is 0 Å². The summed E-state index contributed by atoms with van der Waals surface area (Å²) in [5, 5.41) is 12.6. The molecule has 4 heterocycles. The van der Waals surface area contributed by atoms with Gasteiger partial charge in [-0.25, -0.2) is 14.3 Å². The highest BCUT2D eigenvalue weighted by Crippen LogP contribution is 2.33. The van der Waals surface area contributed by atoms with Crippen LogP contribution in [0.5, 0.6) is 5.75 Å². The van der Waals surface area contributed by atoms with Gasteiger partial charge >= 0.3 is 0 Å². The highest BCUT2D eigenvalue weighted by molar-refractivity contribution is 5.56. The molecule has 1 aromatic carbocycles. The predicted octanol–water partition coefficient (Wildman–Crippen LogP) is 2.33. The van der Waals surface area contributed by atoms with Crippen molar-refractivity contribution in [2.75, 3.05) is 19.7 Å². The molecule has 2 aromatic heterocycles. The summed E-state index contributed by atoms with van der Waals surface area (Å²) in [5.41, 5.74) is 4.35. The third-order valence-electron chi connectivity index (χ3n) is 5.15. The summed E-state index contributed by atoms with van der Waals surface area (Å²) in [6, 6.07) is 8.83. The van der Waals surface area contributed by atoms with E-state index in [2.05, 4.69) is 53.5 Å². The minimum absolute atomic E-state index is 0.238. The third kappa shape index (κ3) is 2.42. The molecule has 0 amide bonds. The van der Waals surface area contributed by atoms with E-state index in [4.69, 9.17) is 9.84 Å². The van der Waals surface area contributed by atoms with Gasteiger partial charge in [-0.1, -0.05) is 6.07 Å². The molecule has 5 rings (SSSR count). The molecule has 2 aliphatic heterocycles. The predicted molar refractivity (Wildman–Crippen MR) is 97.8 cm³/mol. The SMILES string of the molecule is CC(C)n1ncnc1-c1cc2n(n1)-c1cc(C3CNC3)ccc1OCC2. The van der Waals surface area contributed by atoms with Crippen LogP contribution in [0.25, 0.3) is 17.2 Å². The topological polar surface area (TPSA) is 69.8 Å². The summed E-state index contributed by atoms with van der Waals surface area (Å²) in [6.07, 6.45) is 2.41. The maximum Gasteiger partial charge on any atom is 0.178 e. The van der Waals surface area contributed by atoms with E-state index in [0.29, 0.717) is 12.5 Å². The lowest BCUT2D eigenvalue weighted by Crippen LogP contribution is -2.39. The Labute approximate surface area is 152 Å².